The second kappa shape index (κ2) is 27.5. The molecule has 0 spiro atoms. The van der Waals surface area contributed by atoms with Crippen LogP contribution in [0.15, 0.2) is 364 Å². The first-order valence-corrected chi connectivity index (χ1v) is 37.5. The maximum Gasteiger partial charge on any atom is 0.0420 e. The van der Waals surface area contributed by atoms with Crippen molar-refractivity contribution in [2.45, 2.75) is 57.8 Å². The third-order valence-electron chi connectivity index (χ3n) is 23.3. The summed E-state index contributed by atoms with van der Waals surface area (Å²) in [5, 5.41) is 5.18. The van der Waals surface area contributed by atoms with Crippen molar-refractivity contribution in [3.8, 4) is 89.0 Å². The fraction of sp³-hybridized carbons (Fsp3) is 0.115. The van der Waals surface area contributed by atoms with Crippen molar-refractivity contribution in [1.82, 2.24) is 0 Å². The molecule has 0 amide bonds. The van der Waals surface area contributed by atoms with Crippen molar-refractivity contribution in [3.63, 3.8) is 0 Å². The minimum absolute atomic E-state index is 0.00374. The number of rotatable bonds is 11. The Labute approximate surface area is 631 Å². The van der Waals surface area contributed by atoms with E-state index in [0.29, 0.717) is 0 Å². The zero-order valence-electron chi connectivity index (χ0n) is 62.5. The van der Waals surface area contributed by atoms with E-state index < -0.39 is 0 Å². The number of benzene rings is 16. The van der Waals surface area contributed by atoms with Gasteiger partial charge in [-0.05, 0) is 235 Å². The first-order valence-electron chi connectivity index (χ1n) is 37.5. The number of nitrogens with zero attached hydrogens (tertiary/aromatic N) is 3. The maximum absolute atomic E-state index is 2.38. The van der Waals surface area contributed by atoms with E-state index >= 15 is 0 Å². The largest absolute Gasteiger partial charge is 0.345 e. The quantitative estimate of drug-likeness (QED) is 0.120. The Balaban J connectivity index is 0.000000118. The van der Waals surface area contributed by atoms with Crippen LogP contribution in [0.4, 0.5) is 34.1 Å². The average molecular weight is 1380 g/mol. The zero-order valence-corrected chi connectivity index (χ0v) is 62.5. The van der Waals surface area contributed by atoms with Gasteiger partial charge in [-0.1, -0.05) is 315 Å². The van der Waals surface area contributed by atoms with Gasteiger partial charge in [-0.2, -0.15) is 0 Å². The fourth-order valence-electron chi connectivity index (χ4n) is 17.1. The Kier molecular flexibility index (Phi) is 17.4. The van der Waals surface area contributed by atoms with Gasteiger partial charge in [0, 0.05) is 71.5 Å². The van der Waals surface area contributed by atoms with Gasteiger partial charge in [-0.15, -0.1) is 0 Å². The normalized spacial score (nSPS) is 13.3. The molecule has 0 saturated carbocycles. The minimum Gasteiger partial charge on any atom is -0.345 e. The standard InChI is InChI=1S/C36H29N.2C34H29N/c1-36(2)34-15-9-8-14-31(34)32-21-20-27(23-35(32)36)37(3)26-18-16-24(17-19-26)33-22-25-10-4-5-11-28(25)29-12-6-7-13-30(29)33;1-34(2)32-17-11-10-16-30(32)31-19-18-28(23-33(31)34)35(3)29-21-26(24-12-6-4-7-13-24)20-27(22-29)25-14-8-5-9-15-25;1-34(2)32-15-8-7-14-30(32)31-21-20-29(23-33(31)34)35(3)28-18-16-25(17-19-28)27-13-9-12-26(22-27)24-10-5-4-6-11-24/h4-23H,1-3H3;2*4-23H,1-3H3. The monoisotopic (exact) mass is 1380 g/mol. The van der Waals surface area contributed by atoms with Gasteiger partial charge in [0.2, 0.25) is 0 Å². The highest BCUT2D eigenvalue weighted by Gasteiger charge is 2.38. The van der Waals surface area contributed by atoms with Crippen molar-refractivity contribution in [2.24, 2.45) is 0 Å². The van der Waals surface area contributed by atoms with Crippen LogP contribution < -0.4 is 14.7 Å². The molecule has 0 N–H and O–H groups in total. The van der Waals surface area contributed by atoms with Gasteiger partial charge < -0.3 is 14.7 Å². The van der Waals surface area contributed by atoms with E-state index in [2.05, 4.69) is 441 Å². The van der Waals surface area contributed by atoms with Crippen molar-refractivity contribution in [1.29, 1.82) is 0 Å². The number of fused-ring (bicyclic) bond motifs is 12. The molecule has 0 saturated heterocycles. The van der Waals surface area contributed by atoms with E-state index in [1.165, 1.54) is 178 Å². The van der Waals surface area contributed by atoms with Crippen molar-refractivity contribution in [2.75, 3.05) is 35.8 Å². The molecule has 0 aliphatic heterocycles. The van der Waals surface area contributed by atoms with Gasteiger partial charge in [0.25, 0.3) is 0 Å². The maximum atomic E-state index is 2.38. The van der Waals surface area contributed by atoms with Crippen LogP contribution >= 0.6 is 0 Å². The van der Waals surface area contributed by atoms with Gasteiger partial charge in [-0.3, -0.25) is 0 Å². The Bertz CT molecular complexity index is 5950. The second-order valence-corrected chi connectivity index (χ2v) is 30.6. The van der Waals surface area contributed by atoms with Crippen LogP contribution in [0.1, 0.15) is 74.9 Å². The predicted molar refractivity (Wildman–Crippen MR) is 458 cm³/mol. The van der Waals surface area contributed by atoms with Crippen LogP contribution in [0.2, 0.25) is 0 Å². The van der Waals surface area contributed by atoms with E-state index in [1.54, 1.807) is 0 Å². The molecule has 3 nitrogen and oxygen atoms in total. The van der Waals surface area contributed by atoms with Crippen LogP contribution in [0.3, 0.4) is 0 Å². The van der Waals surface area contributed by atoms with E-state index in [4.69, 9.17) is 0 Å². The van der Waals surface area contributed by atoms with Crippen molar-refractivity contribution >= 4 is 55.7 Å². The summed E-state index contributed by atoms with van der Waals surface area (Å²) in [5.41, 5.74) is 36.1. The summed E-state index contributed by atoms with van der Waals surface area (Å²) in [6.45, 7) is 14.0. The van der Waals surface area contributed by atoms with Crippen LogP contribution in [0.5, 0.6) is 0 Å². The SMILES string of the molecule is CN(c1cc(-c2ccccc2)cc(-c2ccccc2)c1)c1ccc2c(c1)C(C)(C)c1ccccc1-2.CN(c1ccc(-c2cc3ccccc3c3ccccc23)cc1)c1ccc2c(c1)C(C)(C)c1ccccc1-2.CN(c1ccc(-c2cccc(-c3ccccc3)c2)cc1)c1ccc2c(c1)C(C)(C)c1ccccc1-2. The molecule has 3 heteroatoms. The lowest BCUT2D eigenvalue weighted by Gasteiger charge is -2.25. The van der Waals surface area contributed by atoms with Gasteiger partial charge in [0.15, 0.2) is 0 Å². The summed E-state index contributed by atoms with van der Waals surface area (Å²) in [4.78, 5) is 6.89. The molecule has 0 bridgehead atoms. The lowest BCUT2D eigenvalue weighted by atomic mass is 9.82. The molecule has 0 aromatic heterocycles. The third kappa shape index (κ3) is 12.4. The number of hydrogen-bond donors (Lipinski definition) is 0. The van der Waals surface area contributed by atoms with E-state index in [9.17, 15) is 0 Å². The van der Waals surface area contributed by atoms with E-state index in [0.717, 1.165) is 0 Å². The minimum atomic E-state index is -0.0101. The van der Waals surface area contributed by atoms with Gasteiger partial charge in [-0.25, -0.2) is 0 Å². The lowest BCUT2D eigenvalue weighted by molar-refractivity contribution is 0.660. The molecule has 16 aromatic carbocycles. The molecular weight excluding hydrogens is 1290 g/mol. The summed E-state index contributed by atoms with van der Waals surface area (Å²) in [6, 6.07) is 132. The molecule has 107 heavy (non-hydrogen) atoms. The van der Waals surface area contributed by atoms with Crippen LogP contribution in [0.25, 0.3) is 111 Å². The number of anilines is 6. The highest BCUT2D eigenvalue weighted by molar-refractivity contribution is 6.14. The predicted octanol–water partition coefficient (Wildman–Crippen LogP) is 27.9. The van der Waals surface area contributed by atoms with Crippen LogP contribution in [-0.4, -0.2) is 21.1 Å². The van der Waals surface area contributed by atoms with Crippen molar-refractivity contribution < 1.29 is 0 Å². The lowest BCUT2D eigenvalue weighted by Crippen LogP contribution is -2.16. The van der Waals surface area contributed by atoms with E-state index in [1.807, 2.05) is 0 Å². The fourth-order valence-corrected chi connectivity index (χ4v) is 17.1. The highest BCUT2D eigenvalue weighted by Crippen LogP contribution is 2.53. The molecule has 3 aliphatic carbocycles. The summed E-state index contributed by atoms with van der Waals surface area (Å²) in [7, 11) is 6.49. The van der Waals surface area contributed by atoms with Gasteiger partial charge in [0.05, 0.1) is 0 Å². The van der Waals surface area contributed by atoms with Crippen LogP contribution in [-0.2, 0) is 16.2 Å². The first kappa shape index (κ1) is 67.6. The molecule has 19 rings (SSSR count). The molecular formula is C104H87N3. The van der Waals surface area contributed by atoms with Crippen LogP contribution in [0, 0.1) is 0 Å². The molecule has 0 unspecified atom stereocenters. The van der Waals surface area contributed by atoms with Crippen molar-refractivity contribution in [3.05, 3.63) is 397 Å². The van der Waals surface area contributed by atoms with E-state index in [-0.39, 0.29) is 16.2 Å². The number of hydrogen-bond acceptors (Lipinski definition) is 3. The highest BCUT2D eigenvalue weighted by atomic mass is 15.1. The molecule has 0 atom stereocenters. The third-order valence-corrected chi connectivity index (χ3v) is 23.3. The molecule has 518 valence electrons. The Morgan fingerprint density at radius 1 is 0.168 bits per heavy atom. The molecule has 0 heterocycles. The Morgan fingerprint density at radius 3 is 0.897 bits per heavy atom. The Hall–Kier alpha value is -12.6. The summed E-state index contributed by atoms with van der Waals surface area (Å²) >= 11 is 0. The van der Waals surface area contributed by atoms with Gasteiger partial charge in [0.1, 0.15) is 0 Å². The molecule has 0 radical (unpaired) electrons. The Morgan fingerprint density at radius 2 is 0.467 bits per heavy atom. The zero-order chi connectivity index (χ0) is 73.1. The first-order chi connectivity index (χ1) is 52.1. The second-order valence-electron chi connectivity index (χ2n) is 30.6. The summed E-state index contributed by atoms with van der Waals surface area (Å²) < 4.78 is 0. The smallest absolute Gasteiger partial charge is 0.0420 e. The molecule has 3 aliphatic rings. The molecule has 16 aromatic rings. The average Bonchev–Trinajstić information content (AvgIpc) is 1.61. The summed E-state index contributed by atoms with van der Waals surface area (Å²) in [6.07, 6.45) is 0. The summed E-state index contributed by atoms with van der Waals surface area (Å²) in [5.74, 6) is 0. The molecule has 0 fully saturated rings. The topological polar surface area (TPSA) is 9.72 Å². The van der Waals surface area contributed by atoms with Gasteiger partial charge >= 0.3 is 0 Å².